The van der Waals surface area contributed by atoms with Gasteiger partial charge in [0.05, 0.1) is 6.26 Å². The predicted octanol–water partition coefficient (Wildman–Crippen LogP) is 3.05. The van der Waals surface area contributed by atoms with E-state index in [-0.39, 0.29) is 0 Å². The van der Waals surface area contributed by atoms with Crippen LogP contribution < -0.4 is 5.32 Å². The van der Waals surface area contributed by atoms with E-state index in [1.165, 1.54) is 11.1 Å². The van der Waals surface area contributed by atoms with Gasteiger partial charge in [-0.05, 0) is 19.1 Å². The minimum atomic E-state index is 0.411. The second-order valence-electron chi connectivity index (χ2n) is 4.70. The third-order valence-electron chi connectivity index (χ3n) is 2.98. The van der Waals surface area contributed by atoms with E-state index in [1.54, 1.807) is 6.26 Å². The molecule has 0 aliphatic heterocycles. The van der Waals surface area contributed by atoms with E-state index in [0.717, 1.165) is 18.7 Å². The molecule has 94 valence electrons. The molecule has 0 fully saturated rings. The van der Waals surface area contributed by atoms with Gasteiger partial charge in [-0.1, -0.05) is 42.5 Å². The summed E-state index contributed by atoms with van der Waals surface area (Å²) in [5.74, 6) is 1.01. The highest BCUT2D eigenvalue weighted by atomic mass is 16.3. The van der Waals surface area contributed by atoms with Gasteiger partial charge in [0.2, 0.25) is 0 Å². The lowest BCUT2D eigenvalue weighted by molar-refractivity contribution is -0.712. The summed E-state index contributed by atoms with van der Waals surface area (Å²) in [6, 6.07) is 14.9. The van der Waals surface area contributed by atoms with E-state index >= 15 is 0 Å². The largest absolute Gasteiger partial charge is 0.463 e. The van der Waals surface area contributed by atoms with Crippen molar-refractivity contribution in [2.75, 3.05) is 0 Å². The maximum atomic E-state index is 5.37. The fourth-order valence-electron chi connectivity index (χ4n) is 2.10. The van der Waals surface area contributed by atoms with Gasteiger partial charge < -0.3 is 9.73 Å². The van der Waals surface area contributed by atoms with E-state index < -0.39 is 0 Å². The molecule has 0 aliphatic rings. The first-order chi connectivity index (χ1) is 8.75. The van der Waals surface area contributed by atoms with E-state index in [0.29, 0.717) is 6.04 Å². The van der Waals surface area contributed by atoms with Crippen molar-refractivity contribution in [3.63, 3.8) is 0 Å². The molecule has 2 nitrogen and oxygen atoms in total. The molecule has 0 saturated carbocycles. The van der Waals surface area contributed by atoms with E-state index in [2.05, 4.69) is 43.1 Å². The predicted molar refractivity (Wildman–Crippen MR) is 73.0 cm³/mol. The van der Waals surface area contributed by atoms with Crippen LogP contribution in [-0.2, 0) is 6.54 Å². The number of furan rings is 1. The third kappa shape index (κ3) is 3.60. The minimum absolute atomic E-state index is 0.411. The van der Waals surface area contributed by atoms with E-state index in [9.17, 15) is 0 Å². The zero-order chi connectivity index (χ0) is 12.8. The van der Waals surface area contributed by atoms with Crippen LogP contribution >= 0.6 is 0 Å². The van der Waals surface area contributed by atoms with Crippen LogP contribution in [0.25, 0.3) is 0 Å². The Kier molecular flexibility index (Phi) is 4.37. The van der Waals surface area contributed by atoms with Gasteiger partial charge in [-0.3, -0.25) is 0 Å². The smallest absolute Gasteiger partial charge is 0.157 e. The summed E-state index contributed by atoms with van der Waals surface area (Å²) in [6.45, 7) is 6.96. The van der Waals surface area contributed by atoms with Gasteiger partial charge in [-0.15, -0.1) is 0 Å². The van der Waals surface area contributed by atoms with Crippen LogP contribution in [0.4, 0.5) is 0 Å². The number of rotatable bonds is 6. The van der Waals surface area contributed by atoms with Gasteiger partial charge in [0.1, 0.15) is 12.6 Å². The fraction of sp³-hybridized carbons (Fsp3) is 0.250. The van der Waals surface area contributed by atoms with Crippen molar-refractivity contribution >= 4 is 0 Å². The number of hydrogen-bond acceptors (Lipinski definition) is 1. The molecule has 2 rings (SSSR count). The summed E-state index contributed by atoms with van der Waals surface area (Å²) >= 11 is 0. The maximum absolute atomic E-state index is 5.37. The lowest BCUT2D eigenvalue weighted by Gasteiger charge is -2.15. The number of quaternary nitrogens is 1. The standard InChI is InChI=1S/C16H19NO/c1-13(2)11-16(14-7-4-3-5-8-14)17-12-15-9-6-10-18-15/h3-10,16-17H,1,11-12H2,2H3/p+1/t16-/m0/s1. The highest BCUT2D eigenvalue weighted by molar-refractivity contribution is 5.18. The number of hydrogen-bond donors (Lipinski definition) is 1. The van der Waals surface area contributed by atoms with Gasteiger partial charge >= 0.3 is 0 Å². The molecule has 1 atom stereocenters. The second kappa shape index (κ2) is 6.22. The van der Waals surface area contributed by atoms with Crippen molar-refractivity contribution in [1.29, 1.82) is 0 Å². The highest BCUT2D eigenvalue weighted by Gasteiger charge is 2.15. The Bertz CT molecular complexity index is 473. The molecule has 1 heterocycles. The summed E-state index contributed by atoms with van der Waals surface area (Å²) < 4.78 is 5.37. The molecular weight excluding hydrogens is 222 g/mol. The Balaban J connectivity index is 2.03. The number of benzene rings is 1. The quantitative estimate of drug-likeness (QED) is 0.775. The lowest BCUT2D eigenvalue weighted by Crippen LogP contribution is -2.83. The Labute approximate surface area is 108 Å². The Morgan fingerprint density at radius 3 is 2.61 bits per heavy atom. The zero-order valence-electron chi connectivity index (χ0n) is 10.8. The summed E-state index contributed by atoms with van der Waals surface area (Å²) in [5.41, 5.74) is 2.55. The Morgan fingerprint density at radius 2 is 2.00 bits per heavy atom. The molecular formula is C16H20NO+. The van der Waals surface area contributed by atoms with E-state index in [1.807, 2.05) is 18.2 Å². The molecule has 2 aromatic rings. The lowest BCUT2D eigenvalue weighted by atomic mass is 10.0. The topological polar surface area (TPSA) is 29.8 Å². The molecule has 2 N–H and O–H groups in total. The SMILES string of the molecule is C=C(C)C[C@H]([NH2+]Cc1ccco1)c1ccccc1. The van der Waals surface area contributed by atoms with Crippen molar-refractivity contribution in [2.24, 2.45) is 0 Å². The molecule has 0 bridgehead atoms. The van der Waals surface area contributed by atoms with Crippen molar-refractivity contribution in [1.82, 2.24) is 0 Å². The van der Waals surface area contributed by atoms with Gasteiger partial charge in [0.25, 0.3) is 0 Å². The molecule has 2 heteroatoms. The summed E-state index contributed by atoms with van der Waals surface area (Å²) in [7, 11) is 0. The summed E-state index contributed by atoms with van der Waals surface area (Å²) in [4.78, 5) is 0. The molecule has 1 aromatic carbocycles. The molecule has 0 aliphatic carbocycles. The van der Waals surface area contributed by atoms with Gasteiger partial charge in [-0.25, -0.2) is 0 Å². The van der Waals surface area contributed by atoms with Crippen molar-refractivity contribution in [2.45, 2.75) is 25.9 Å². The van der Waals surface area contributed by atoms with Crippen molar-refractivity contribution in [3.8, 4) is 0 Å². The molecule has 18 heavy (non-hydrogen) atoms. The van der Waals surface area contributed by atoms with Crippen LogP contribution in [0.2, 0.25) is 0 Å². The molecule has 0 unspecified atom stereocenters. The van der Waals surface area contributed by atoms with E-state index in [4.69, 9.17) is 4.42 Å². The first kappa shape index (κ1) is 12.7. The van der Waals surface area contributed by atoms with Crippen molar-refractivity contribution < 1.29 is 9.73 Å². The first-order valence-corrected chi connectivity index (χ1v) is 6.31. The molecule has 0 radical (unpaired) electrons. The molecule has 0 saturated heterocycles. The highest BCUT2D eigenvalue weighted by Crippen LogP contribution is 2.16. The van der Waals surface area contributed by atoms with Crippen LogP contribution in [0.15, 0.2) is 65.3 Å². The maximum Gasteiger partial charge on any atom is 0.157 e. The monoisotopic (exact) mass is 242 g/mol. The van der Waals surface area contributed by atoms with Crippen LogP contribution in [-0.4, -0.2) is 0 Å². The Hall–Kier alpha value is -1.80. The minimum Gasteiger partial charge on any atom is -0.463 e. The third-order valence-corrected chi connectivity index (χ3v) is 2.98. The normalized spacial score (nSPS) is 12.3. The summed E-state index contributed by atoms with van der Waals surface area (Å²) in [5, 5.41) is 2.31. The average Bonchev–Trinajstić information content (AvgIpc) is 2.88. The van der Waals surface area contributed by atoms with Crippen LogP contribution in [0.3, 0.4) is 0 Å². The van der Waals surface area contributed by atoms with Gasteiger partial charge in [0, 0.05) is 12.0 Å². The van der Waals surface area contributed by atoms with Gasteiger partial charge in [-0.2, -0.15) is 0 Å². The summed E-state index contributed by atoms with van der Waals surface area (Å²) in [6.07, 6.45) is 2.71. The van der Waals surface area contributed by atoms with Crippen LogP contribution in [0, 0.1) is 0 Å². The molecule has 0 spiro atoms. The van der Waals surface area contributed by atoms with Gasteiger partial charge in [0.15, 0.2) is 5.76 Å². The second-order valence-corrected chi connectivity index (χ2v) is 4.70. The average molecular weight is 242 g/mol. The van der Waals surface area contributed by atoms with Crippen molar-refractivity contribution in [3.05, 3.63) is 72.2 Å². The van der Waals surface area contributed by atoms with Crippen LogP contribution in [0.5, 0.6) is 0 Å². The molecule has 0 amide bonds. The Morgan fingerprint density at radius 1 is 1.22 bits per heavy atom. The first-order valence-electron chi connectivity index (χ1n) is 6.31. The molecule has 1 aromatic heterocycles. The van der Waals surface area contributed by atoms with Crippen LogP contribution in [0.1, 0.15) is 30.7 Å². The zero-order valence-corrected chi connectivity index (χ0v) is 10.8. The fourth-order valence-corrected chi connectivity index (χ4v) is 2.10. The number of nitrogens with two attached hydrogens (primary N) is 1.